The van der Waals surface area contributed by atoms with Gasteiger partial charge in [0.2, 0.25) is 0 Å². The van der Waals surface area contributed by atoms with Crippen LogP contribution in [0.5, 0.6) is 0 Å². The van der Waals surface area contributed by atoms with Crippen LogP contribution in [0, 0.1) is 0 Å². The van der Waals surface area contributed by atoms with Gasteiger partial charge in [0.15, 0.2) is 12.6 Å². The van der Waals surface area contributed by atoms with Crippen molar-refractivity contribution in [2.45, 2.75) is 76.8 Å². The fraction of sp³-hybridized carbons (Fsp3) is 0.667. The molecule has 2 heterocycles. The van der Waals surface area contributed by atoms with Crippen molar-refractivity contribution in [3.8, 4) is 0 Å². The van der Waals surface area contributed by atoms with Gasteiger partial charge in [-0.15, -0.1) is 0 Å². The first-order chi connectivity index (χ1) is 14.3. The topological polar surface area (TPSA) is 68.2 Å². The number of benzene rings is 1. The first-order valence-electron chi connectivity index (χ1n) is 11.2. The van der Waals surface area contributed by atoms with Crippen molar-refractivity contribution < 1.29 is 24.4 Å². The Hall–Kier alpha value is -1.24. The molecular formula is C24H38O5. The number of aliphatic hydroxyl groups is 2. The van der Waals surface area contributed by atoms with Crippen LogP contribution >= 0.6 is 0 Å². The van der Waals surface area contributed by atoms with E-state index in [-0.39, 0.29) is 25.8 Å². The number of hydrogen-bond donors (Lipinski definition) is 2. The molecule has 0 radical (unpaired) electrons. The van der Waals surface area contributed by atoms with Crippen LogP contribution in [0.25, 0.3) is 5.57 Å². The quantitative estimate of drug-likeness (QED) is 0.760. The van der Waals surface area contributed by atoms with Gasteiger partial charge in [-0.3, -0.25) is 0 Å². The Morgan fingerprint density at radius 3 is 1.86 bits per heavy atom. The van der Waals surface area contributed by atoms with Crippen LogP contribution in [-0.4, -0.2) is 49.2 Å². The maximum absolute atomic E-state index is 7.62. The Bertz CT molecular complexity index is 515. The minimum Gasteiger partial charge on any atom is -0.394 e. The molecule has 1 aromatic rings. The van der Waals surface area contributed by atoms with Crippen molar-refractivity contribution in [3.05, 3.63) is 42.0 Å². The monoisotopic (exact) mass is 406 g/mol. The highest BCUT2D eigenvalue weighted by Crippen LogP contribution is 2.26. The zero-order chi connectivity index (χ0) is 20.6. The summed E-state index contributed by atoms with van der Waals surface area (Å²) >= 11 is 0. The predicted octanol–water partition coefficient (Wildman–Crippen LogP) is 4.67. The smallest absolute Gasteiger partial charge is 0.160 e. The van der Waals surface area contributed by atoms with Crippen LogP contribution in [0.3, 0.4) is 0 Å². The highest BCUT2D eigenvalue weighted by molar-refractivity contribution is 5.65. The molecule has 164 valence electrons. The highest BCUT2D eigenvalue weighted by atomic mass is 16.8. The lowest BCUT2D eigenvalue weighted by Crippen LogP contribution is -2.31. The van der Waals surface area contributed by atoms with Crippen LogP contribution in [0.15, 0.2) is 36.4 Å². The molecule has 29 heavy (non-hydrogen) atoms. The lowest BCUT2D eigenvalue weighted by atomic mass is 9.94. The Morgan fingerprint density at radius 2 is 1.41 bits per heavy atom. The standard InChI is InChI=1S/C12H14.C10H18O3.C2H6O2/c1-3-7-11(8-4-1)12-9-5-2-6-10-12;1-3-7-11-9(5-1)13-10-6-2-4-8-12-10;3-1-2-4/h1,3-4,7-9H,2,5-6,10H2;9-10H,1-8H2;3-4H,1-2H2. The van der Waals surface area contributed by atoms with E-state index in [1.165, 1.54) is 56.9 Å². The van der Waals surface area contributed by atoms with Crippen molar-refractivity contribution in [1.29, 1.82) is 0 Å². The summed E-state index contributed by atoms with van der Waals surface area (Å²) < 4.78 is 16.6. The summed E-state index contributed by atoms with van der Waals surface area (Å²) in [5.41, 5.74) is 2.96. The third kappa shape index (κ3) is 10.4. The van der Waals surface area contributed by atoms with Crippen molar-refractivity contribution in [3.63, 3.8) is 0 Å². The van der Waals surface area contributed by atoms with Crippen molar-refractivity contribution in [2.75, 3.05) is 26.4 Å². The summed E-state index contributed by atoms with van der Waals surface area (Å²) in [5, 5.41) is 15.2. The summed E-state index contributed by atoms with van der Waals surface area (Å²) in [5.74, 6) is 0. The molecule has 1 aromatic carbocycles. The summed E-state index contributed by atoms with van der Waals surface area (Å²) in [6, 6.07) is 10.7. The number of rotatable bonds is 4. The molecule has 2 N–H and O–H groups in total. The second-order valence-corrected chi connectivity index (χ2v) is 7.52. The second-order valence-electron chi connectivity index (χ2n) is 7.52. The maximum Gasteiger partial charge on any atom is 0.160 e. The van der Waals surface area contributed by atoms with E-state index in [1.54, 1.807) is 5.57 Å². The molecule has 2 saturated heterocycles. The summed E-state index contributed by atoms with van der Waals surface area (Å²) in [6.45, 7) is 1.44. The maximum atomic E-state index is 7.62. The van der Waals surface area contributed by atoms with Crippen molar-refractivity contribution in [1.82, 2.24) is 0 Å². The number of ether oxygens (including phenoxy) is 3. The minimum absolute atomic E-state index is 0.00292. The van der Waals surface area contributed by atoms with E-state index in [0.29, 0.717) is 0 Å². The third-order valence-corrected chi connectivity index (χ3v) is 5.11. The molecule has 2 aliphatic heterocycles. The molecule has 2 fully saturated rings. The third-order valence-electron chi connectivity index (χ3n) is 5.11. The Morgan fingerprint density at radius 1 is 0.793 bits per heavy atom. The number of aliphatic hydroxyl groups excluding tert-OH is 2. The highest BCUT2D eigenvalue weighted by Gasteiger charge is 2.21. The van der Waals surface area contributed by atoms with Gasteiger partial charge >= 0.3 is 0 Å². The van der Waals surface area contributed by atoms with Crippen molar-refractivity contribution >= 4 is 5.57 Å². The molecule has 0 saturated carbocycles. The molecule has 0 bridgehead atoms. The Balaban J connectivity index is 0.000000176. The largest absolute Gasteiger partial charge is 0.394 e. The summed E-state index contributed by atoms with van der Waals surface area (Å²) in [6.07, 6.45) is 14.5. The van der Waals surface area contributed by atoms with Gasteiger partial charge in [-0.2, -0.15) is 0 Å². The van der Waals surface area contributed by atoms with E-state index >= 15 is 0 Å². The molecule has 0 spiro atoms. The van der Waals surface area contributed by atoms with Crippen molar-refractivity contribution in [2.24, 2.45) is 0 Å². The molecule has 1 aliphatic carbocycles. The van der Waals surface area contributed by atoms with E-state index in [1.807, 2.05) is 0 Å². The molecule has 5 heteroatoms. The van der Waals surface area contributed by atoms with Gasteiger partial charge in [0.1, 0.15) is 0 Å². The molecule has 2 unspecified atom stereocenters. The Labute approximate surface area is 175 Å². The first-order valence-corrected chi connectivity index (χ1v) is 11.2. The van der Waals surface area contributed by atoms with E-state index < -0.39 is 0 Å². The Kier molecular flexibility index (Phi) is 12.9. The normalized spacial score (nSPS) is 24.3. The molecule has 3 aliphatic rings. The van der Waals surface area contributed by atoms with Gasteiger partial charge in [-0.1, -0.05) is 36.4 Å². The van der Waals surface area contributed by atoms with Crippen LogP contribution in [0.4, 0.5) is 0 Å². The fourth-order valence-corrected chi connectivity index (χ4v) is 3.56. The van der Waals surface area contributed by atoms with Gasteiger partial charge in [0.05, 0.1) is 13.2 Å². The molecule has 5 nitrogen and oxygen atoms in total. The van der Waals surface area contributed by atoms with E-state index in [0.717, 1.165) is 26.1 Å². The van der Waals surface area contributed by atoms with Crippen LogP contribution in [0.1, 0.15) is 69.8 Å². The average molecular weight is 407 g/mol. The van der Waals surface area contributed by atoms with Gasteiger partial charge in [0.25, 0.3) is 0 Å². The zero-order valence-electron chi connectivity index (χ0n) is 17.6. The van der Waals surface area contributed by atoms with E-state index in [4.69, 9.17) is 24.4 Å². The fourth-order valence-electron chi connectivity index (χ4n) is 3.56. The van der Waals surface area contributed by atoms with E-state index in [2.05, 4.69) is 36.4 Å². The molecule has 0 aromatic heterocycles. The lowest BCUT2D eigenvalue weighted by molar-refractivity contribution is -0.264. The predicted molar refractivity (Wildman–Crippen MR) is 115 cm³/mol. The molecule has 4 rings (SSSR count). The van der Waals surface area contributed by atoms with E-state index in [9.17, 15) is 0 Å². The van der Waals surface area contributed by atoms with Gasteiger partial charge in [-0.05, 0) is 75.3 Å². The summed E-state index contributed by atoms with van der Waals surface area (Å²) in [4.78, 5) is 0. The van der Waals surface area contributed by atoms with Gasteiger partial charge in [-0.25, -0.2) is 0 Å². The minimum atomic E-state index is -0.125. The van der Waals surface area contributed by atoms with Gasteiger partial charge < -0.3 is 24.4 Å². The van der Waals surface area contributed by atoms with Gasteiger partial charge in [0, 0.05) is 13.2 Å². The number of hydrogen-bond acceptors (Lipinski definition) is 5. The van der Waals surface area contributed by atoms with Crippen LogP contribution < -0.4 is 0 Å². The lowest BCUT2D eigenvalue weighted by Gasteiger charge is -2.29. The van der Waals surface area contributed by atoms with Crippen LogP contribution in [0.2, 0.25) is 0 Å². The average Bonchev–Trinajstić information content (AvgIpc) is 2.82. The summed E-state index contributed by atoms with van der Waals surface area (Å²) in [7, 11) is 0. The first kappa shape index (κ1) is 24.0. The number of allylic oxidation sites excluding steroid dienone is 2. The second kappa shape index (κ2) is 15.6. The molecule has 2 atom stereocenters. The van der Waals surface area contributed by atoms with Crippen LogP contribution in [-0.2, 0) is 14.2 Å². The molecular weight excluding hydrogens is 368 g/mol. The molecule has 0 amide bonds. The SMILES string of the molecule is C1=C(c2ccccc2)CCCC1.C1CCC(OC2CCCCO2)OC1.OCCO. The zero-order valence-corrected chi connectivity index (χ0v) is 17.6.